The Morgan fingerprint density at radius 2 is 1.85 bits per heavy atom. The number of amides is 3. The van der Waals surface area contributed by atoms with Crippen molar-refractivity contribution in [2.75, 3.05) is 5.32 Å². The average Bonchev–Trinajstić information content (AvgIpc) is 3.20. The van der Waals surface area contributed by atoms with Crippen LogP contribution in [0.5, 0.6) is 0 Å². The van der Waals surface area contributed by atoms with Crippen molar-refractivity contribution in [1.82, 2.24) is 10.2 Å². The number of benzene rings is 1. The maximum Gasteiger partial charge on any atom is 0.250 e. The highest BCUT2D eigenvalue weighted by atomic mass is 16.2. The van der Waals surface area contributed by atoms with Crippen LogP contribution in [0.3, 0.4) is 0 Å². The fourth-order valence-corrected chi connectivity index (χ4v) is 5.06. The summed E-state index contributed by atoms with van der Waals surface area (Å²) in [5, 5.41) is 6.40. The summed E-state index contributed by atoms with van der Waals surface area (Å²) >= 11 is 0. The van der Waals surface area contributed by atoms with Gasteiger partial charge in [-0.15, -0.1) is 0 Å². The SMILES string of the molecule is CC[C@@H](C)N1C(=O)[C@H]2[C@@H](C1=O)[C@]1(N[C@H]2C(C)C)C(=O)Nc2ccc(C)cc21. The van der Waals surface area contributed by atoms with Crippen LogP contribution in [0.4, 0.5) is 5.69 Å². The largest absolute Gasteiger partial charge is 0.324 e. The van der Waals surface area contributed by atoms with Gasteiger partial charge in [0.15, 0.2) is 0 Å². The molecule has 6 heteroatoms. The van der Waals surface area contributed by atoms with Gasteiger partial charge in [-0.05, 0) is 32.3 Å². The van der Waals surface area contributed by atoms with Gasteiger partial charge in [-0.1, -0.05) is 38.5 Å². The zero-order chi connectivity index (χ0) is 19.7. The van der Waals surface area contributed by atoms with Crippen LogP contribution in [-0.4, -0.2) is 34.7 Å². The first-order chi connectivity index (χ1) is 12.7. The summed E-state index contributed by atoms with van der Waals surface area (Å²) in [6, 6.07) is 5.39. The van der Waals surface area contributed by atoms with Gasteiger partial charge in [-0.2, -0.15) is 0 Å². The summed E-state index contributed by atoms with van der Waals surface area (Å²) in [5.41, 5.74) is 1.36. The third-order valence-electron chi connectivity index (χ3n) is 6.59. The van der Waals surface area contributed by atoms with Gasteiger partial charge >= 0.3 is 0 Å². The summed E-state index contributed by atoms with van der Waals surface area (Å²) in [6.07, 6.45) is 0.700. The van der Waals surface area contributed by atoms with Gasteiger partial charge in [0.1, 0.15) is 5.54 Å². The minimum atomic E-state index is -1.17. The quantitative estimate of drug-likeness (QED) is 0.801. The van der Waals surface area contributed by atoms with Crippen LogP contribution < -0.4 is 10.6 Å². The fourth-order valence-electron chi connectivity index (χ4n) is 5.06. The van der Waals surface area contributed by atoms with Crippen LogP contribution in [0.15, 0.2) is 18.2 Å². The van der Waals surface area contributed by atoms with Crippen LogP contribution in [0, 0.1) is 24.7 Å². The van der Waals surface area contributed by atoms with Crippen molar-refractivity contribution in [1.29, 1.82) is 0 Å². The first-order valence-electron chi connectivity index (χ1n) is 9.81. The van der Waals surface area contributed by atoms with E-state index in [1.807, 2.05) is 52.8 Å². The van der Waals surface area contributed by atoms with Crippen LogP contribution in [0.2, 0.25) is 0 Å². The van der Waals surface area contributed by atoms with Gasteiger partial charge < -0.3 is 5.32 Å². The van der Waals surface area contributed by atoms with Gasteiger partial charge in [0.25, 0.3) is 0 Å². The molecule has 5 atom stereocenters. The van der Waals surface area contributed by atoms with E-state index in [2.05, 4.69) is 10.6 Å². The second kappa shape index (κ2) is 5.89. The van der Waals surface area contributed by atoms with Crippen LogP contribution in [-0.2, 0) is 19.9 Å². The number of nitrogens with one attached hydrogen (secondary N) is 2. The van der Waals surface area contributed by atoms with E-state index in [0.29, 0.717) is 6.42 Å². The summed E-state index contributed by atoms with van der Waals surface area (Å²) in [4.78, 5) is 41.4. The molecule has 3 aliphatic rings. The van der Waals surface area contributed by atoms with Crippen LogP contribution >= 0.6 is 0 Å². The number of rotatable bonds is 3. The molecule has 0 bridgehead atoms. The molecule has 1 aromatic carbocycles. The summed E-state index contributed by atoms with van der Waals surface area (Å²) in [6.45, 7) is 9.89. The average molecular weight is 369 g/mol. The maximum absolute atomic E-state index is 13.5. The van der Waals surface area contributed by atoms with Gasteiger partial charge in [0.2, 0.25) is 17.7 Å². The number of carbonyl (C=O) groups is 3. The standard InChI is InChI=1S/C21H27N3O3/c1-6-12(5)24-18(25)15-16(19(24)26)21(23-17(15)10(2)3)13-9-11(4)7-8-14(13)22-20(21)27/h7-10,12,15-17,23H,6H2,1-5H3,(H,22,27)/t12-,15+,16+,17+,21+/m1/s1. The summed E-state index contributed by atoms with van der Waals surface area (Å²) in [7, 11) is 0. The topological polar surface area (TPSA) is 78.5 Å². The fraction of sp³-hybridized carbons (Fsp3) is 0.571. The molecule has 27 heavy (non-hydrogen) atoms. The highest BCUT2D eigenvalue weighted by Crippen LogP contribution is 2.54. The Kier molecular flexibility index (Phi) is 3.97. The van der Waals surface area contributed by atoms with Gasteiger partial charge in [-0.3, -0.25) is 24.6 Å². The Bertz CT molecular complexity index is 849. The van der Waals surface area contributed by atoms with E-state index in [4.69, 9.17) is 0 Å². The molecule has 0 aromatic heterocycles. The van der Waals surface area contributed by atoms with Gasteiger partial charge in [0, 0.05) is 23.3 Å². The molecule has 1 aromatic rings. The second-order valence-corrected chi connectivity index (χ2v) is 8.53. The number of carbonyl (C=O) groups excluding carboxylic acids is 3. The summed E-state index contributed by atoms with van der Waals surface area (Å²) < 4.78 is 0. The molecule has 4 rings (SSSR count). The molecular weight excluding hydrogens is 342 g/mol. The van der Waals surface area contributed by atoms with Crippen LogP contribution in [0.25, 0.3) is 0 Å². The van der Waals surface area contributed by atoms with Gasteiger partial charge in [0.05, 0.1) is 11.8 Å². The highest BCUT2D eigenvalue weighted by Gasteiger charge is 2.71. The molecule has 1 spiro atoms. The number of fused-ring (bicyclic) bond motifs is 4. The van der Waals surface area contributed by atoms with E-state index in [1.165, 1.54) is 4.90 Å². The lowest BCUT2D eigenvalue weighted by atomic mass is 9.75. The molecule has 6 nitrogen and oxygen atoms in total. The molecule has 0 saturated carbocycles. The molecule has 0 unspecified atom stereocenters. The number of hydrogen-bond acceptors (Lipinski definition) is 4. The minimum absolute atomic E-state index is 0.118. The number of hydrogen-bond donors (Lipinski definition) is 2. The molecule has 3 aliphatic heterocycles. The Balaban J connectivity index is 1.92. The van der Waals surface area contributed by atoms with Crippen molar-refractivity contribution in [2.45, 2.75) is 58.7 Å². The van der Waals surface area contributed by atoms with E-state index in [0.717, 1.165) is 16.8 Å². The maximum atomic E-state index is 13.5. The zero-order valence-electron chi connectivity index (χ0n) is 16.5. The van der Waals surface area contributed by atoms with E-state index in [9.17, 15) is 14.4 Å². The zero-order valence-corrected chi connectivity index (χ0v) is 16.5. The Morgan fingerprint density at radius 3 is 2.48 bits per heavy atom. The number of imide groups is 1. The molecule has 3 amide bonds. The highest BCUT2D eigenvalue weighted by molar-refractivity contribution is 6.15. The number of aryl methyl sites for hydroxylation is 1. The predicted octanol–water partition coefficient (Wildman–Crippen LogP) is 2.17. The molecule has 3 heterocycles. The van der Waals surface area contributed by atoms with E-state index in [1.54, 1.807) is 0 Å². The first-order valence-corrected chi connectivity index (χ1v) is 9.81. The van der Waals surface area contributed by atoms with E-state index in [-0.39, 0.29) is 35.7 Å². The number of likely N-dealkylation sites (tertiary alicyclic amines) is 1. The van der Waals surface area contributed by atoms with Crippen molar-refractivity contribution >= 4 is 23.4 Å². The normalized spacial score (nSPS) is 33.0. The Labute approximate surface area is 159 Å². The molecule has 0 aliphatic carbocycles. The molecule has 2 fully saturated rings. The number of nitrogens with zero attached hydrogens (tertiary/aromatic N) is 1. The predicted molar refractivity (Wildman–Crippen MR) is 102 cm³/mol. The van der Waals surface area contributed by atoms with Crippen molar-refractivity contribution in [2.24, 2.45) is 17.8 Å². The lowest BCUT2D eigenvalue weighted by Gasteiger charge is -2.32. The van der Waals surface area contributed by atoms with Crippen molar-refractivity contribution < 1.29 is 14.4 Å². The molecule has 2 saturated heterocycles. The lowest BCUT2D eigenvalue weighted by Crippen LogP contribution is -2.54. The monoisotopic (exact) mass is 369 g/mol. The Hall–Kier alpha value is -2.21. The van der Waals surface area contributed by atoms with E-state index < -0.39 is 17.4 Å². The smallest absolute Gasteiger partial charge is 0.250 e. The second-order valence-electron chi connectivity index (χ2n) is 8.53. The molecule has 144 valence electrons. The molecule has 0 radical (unpaired) electrons. The third-order valence-corrected chi connectivity index (χ3v) is 6.59. The van der Waals surface area contributed by atoms with Crippen LogP contribution in [0.1, 0.15) is 45.2 Å². The van der Waals surface area contributed by atoms with Gasteiger partial charge in [-0.25, -0.2) is 0 Å². The number of anilines is 1. The molecule has 2 N–H and O–H groups in total. The summed E-state index contributed by atoms with van der Waals surface area (Å²) in [5.74, 6) is -1.69. The Morgan fingerprint density at radius 1 is 1.15 bits per heavy atom. The minimum Gasteiger partial charge on any atom is -0.324 e. The lowest BCUT2D eigenvalue weighted by molar-refractivity contribution is -0.145. The first kappa shape index (κ1) is 18.2. The molecular formula is C21H27N3O3. The van der Waals surface area contributed by atoms with Crippen molar-refractivity contribution in [3.8, 4) is 0 Å². The van der Waals surface area contributed by atoms with E-state index >= 15 is 0 Å². The van der Waals surface area contributed by atoms with Crippen molar-refractivity contribution in [3.63, 3.8) is 0 Å². The van der Waals surface area contributed by atoms with Crippen molar-refractivity contribution in [3.05, 3.63) is 29.3 Å². The third kappa shape index (κ3) is 2.19.